The summed E-state index contributed by atoms with van der Waals surface area (Å²) in [5.74, 6) is 6.15. The van der Waals surface area contributed by atoms with Crippen molar-refractivity contribution in [3.8, 4) is 28.1 Å². The standard InChI is InChI=1S/C24H17F3O3S2/c1-16(28)31-12-10-22(18-6-4-8-20(14-18)24(25,26)27)23(11-13-32-17(2)29)19-7-5-9-21(15-19)30-3/h4-9,14-15H,1-3H3. The molecule has 0 unspecified atom stereocenters. The molecule has 3 nitrogen and oxygen atoms in total. The minimum Gasteiger partial charge on any atom is -0.497 e. The highest BCUT2D eigenvalue weighted by Crippen LogP contribution is 2.33. The van der Waals surface area contributed by atoms with Crippen molar-refractivity contribution in [2.75, 3.05) is 7.11 Å². The molecule has 0 aliphatic rings. The number of alkyl halides is 3. The summed E-state index contributed by atoms with van der Waals surface area (Å²) in [6.07, 6.45) is -4.55. The van der Waals surface area contributed by atoms with Crippen LogP contribution in [0.1, 0.15) is 30.5 Å². The third-order valence-electron chi connectivity index (χ3n) is 3.83. The number of thioether (sulfide) groups is 2. The third kappa shape index (κ3) is 7.56. The number of carbonyl (C=O) groups excluding carboxylic acids is 2. The monoisotopic (exact) mass is 474 g/mol. The van der Waals surface area contributed by atoms with E-state index in [1.807, 2.05) is 0 Å². The van der Waals surface area contributed by atoms with Crippen LogP contribution in [-0.4, -0.2) is 17.3 Å². The van der Waals surface area contributed by atoms with Gasteiger partial charge in [-0.15, -0.1) is 0 Å². The normalized spacial score (nSPS) is 11.3. The highest BCUT2D eigenvalue weighted by Gasteiger charge is 2.30. The topological polar surface area (TPSA) is 43.4 Å². The Hall–Kier alpha value is -3.07. The lowest BCUT2D eigenvalue weighted by molar-refractivity contribution is -0.137. The minimum atomic E-state index is -4.55. The number of methoxy groups -OCH3 is 1. The lowest BCUT2D eigenvalue weighted by Crippen LogP contribution is -2.05. The van der Waals surface area contributed by atoms with Gasteiger partial charge < -0.3 is 4.74 Å². The van der Waals surface area contributed by atoms with Crippen LogP contribution in [0.25, 0.3) is 11.1 Å². The second-order valence-electron chi connectivity index (χ2n) is 6.20. The van der Waals surface area contributed by atoms with Gasteiger partial charge in [-0.05, 0) is 45.9 Å². The summed E-state index contributed by atoms with van der Waals surface area (Å²) < 4.78 is 45.2. The number of allylic oxidation sites excluding steroid dienone is 2. The molecule has 0 aliphatic heterocycles. The van der Waals surface area contributed by atoms with E-state index in [2.05, 4.69) is 22.3 Å². The summed E-state index contributed by atoms with van der Waals surface area (Å²) in [5, 5.41) is 4.80. The Morgan fingerprint density at radius 2 is 1.34 bits per heavy atom. The molecule has 0 heterocycles. The highest BCUT2D eigenvalue weighted by atomic mass is 32.2. The lowest BCUT2D eigenvalue weighted by atomic mass is 9.94. The molecule has 0 aromatic heterocycles. The maximum absolute atomic E-state index is 13.3. The van der Waals surface area contributed by atoms with Crippen molar-refractivity contribution in [1.82, 2.24) is 0 Å². The molecule has 164 valence electrons. The highest BCUT2D eigenvalue weighted by molar-refractivity contribution is 8.17. The summed E-state index contributed by atoms with van der Waals surface area (Å²) in [4.78, 5) is 22.7. The molecule has 0 N–H and O–H groups in total. The Balaban J connectivity index is 2.84. The number of carbonyl (C=O) groups is 2. The van der Waals surface area contributed by atoms with Crippen LogP contribution in [-0.2, 0) is 15.8 Å². The van der Waals surface area contributed by atoms with Gasteiger partial charge in [-0.2, -0.15) is 13.2 Å². The van der Waals surface area contributed by atoms with Gasteiger partial charge in [0, 0.05) is 48.5 Å². The van der Waals surface area contributed by atoms with Gasteiger partial charge >= 0.3 is 6.18 Å². The number of ether oxygens (including phenoxy) is 1. The molecule has 32 heavy (non-hydrogen) atoms. The molecule has 0 aliphatic carbocycles. The van der Waals surface area contributed by atoms with Crippen molar-refractivity contribution in [1.29, 1.82) is 0 Å². The molecule has 0 atom stereocenters. The molecule has 0 saturated heterocycles. The van der Waals surface area contributed by atoms with Crippen molar-refractivity contribution in [2.24, 2.45) is 0 Å². The molecule has 2 aromatic rings. The van der Waals surface area contributed by atoms with Crippen LogP contribution < -0.4 is 4.74 Å². The zero-order valence-electron chi connectivity index (χ0n) is 17.3. The smallest absolute Gasteiger partial charge is 0.416 e. The predicted octanol–water partition coefficient (Wildman–Crippen LogP) is 6.11. The van der Waals surface area contributed by atoms with Gasteiger partial charge in [-0.3, -0.25) is 9.59 Å². The van der Waals surface area contributed by atoms with E-state index in [4.69, 9.17) is 4.74 Å². The first-order valence-electron chi connectivity index (χ1n) is 9.05. The molecule has 0 saturated carbocycles. The summed E-state index contributed by atoms with van der Waals surface area (Å²) in [5.41, 5.74) is 0.361. The Morgan fingerprint density at radius 3 is 1.81 bits per heavy atom. The van der Waals surface area contributed by atoms with Crippen molar-refractivity contribution in [2.45, 2.75) is 20.0 Å². The first-order valence-corrected chi connectivity index (χ1v) is 10.7. The Bertz CT molecular complexity index is 1180. The summed E-state index contributed by atoms with van der Waals surface area (Å²) in [7, 11) is 1.48. The number of hydrogen-bond acceptors (Lipinski definition) is 5. The second kappa shape index (κ2) is 11.5. The predicted molar refractivity (Wildman–Crippen MR) is 123 cm³/mol. The van der Waals surface area contributed by atoms with Gasteiger partial charge in [0.1, 0.15) is 5.75 Å². The first kappa shape index (κ1) is 25.2. The maximum atomic E-state index is 13.3. The van der Waals surface area contributed by atoms with E-state index in [1.165, 1.54) is 33.1 Å². The van der Waals surface area contributed by atoms with Crippen LogP contribution in [0.15, 0.2) is 48.5 Å². The van der Waals surface area contributed by atoms with E-state index in [-0.39, 0.29) is 21.4 Å². The summed E-state index contributed by atoms with van der Waals surface area (Å²) in [6, 6.07) is 11.5. The molecule has 0 bridgehead atoms. The molecule has 0 spiro atoms. The fraction of sp³-hybridized carbons (Fsp3) is 0.167. The fourth-order valence-corrected chi connectivity index (χ4v) is 3.08. The van der Waals surface area contributed by atoms with Crippen molar-refractivity contribution in [3.05, 3.63) is 65.2 Å². The van der Waals surface area contributed by atoms with E-state index in [9.17, 15) is 22.8 Å². The minimum absolute atomic E-state index is 0.177. The zero-order valence-corrected chi connectivity index (χ0v) is 18.9. The van der Waals surface area contributed by atoms with Gasteiger partial charge in [-0.1, -0.05) is 36.1 Å². The van der Waals surface area contributed by atoms with Gasteiger partial charge in [0.05, 0.1) is 12.7 Å². The van der Waals surface area contributed by atoms with Gasteiger partial charge in [0.2, 0.25) is 0 Å². The second-order valence-corrected chi connectivity index (χ2v) is 8.17. The lowest BCUT2D eigenvalue weighted by Gasteiger charge is -2.11. The molecule has 2 rings (SSSR count). The van der Waals surface area contributed by atoms with E-state index < -0.39 is 11.7 Å². The third-order valence-corrected chi connectivity index (χ3v) is 4.81. The fourth-order valence-electron chi connectivity index (χ4n) is 2.48. The van der Waals surface area contributed by atoms with E-state index in [0.29, 0.717) is 16.9 Å². The molecule has 8 heteroatoms. The summed E-state index contributed by atoms with van der Waals surface area (Å²) >= 11 is 1.48. The van der Waals surface area contributed by atoms with Crippen LogP contribution in [0.2, 0.25) is 0 Å². The van der Waals surface area contributed by atoms with Gasteiger partial charge in [0.25, 0.3) is 0 Å². The van der Waals surface area contributed by atoms with Crippen molar-refractivity contribution >= 4 is 44.9 Å². The molecule has 0 fully saturated rings. The van der Waals surface area contributed by atoms with E-state index in [0.717, 1.165) is 35.7 Å². The molecule has 0 amide bonds. The number of hydrogen-bond donors (Lipinski definition) is 0. The average Bonchev–Trinajstić information content (AvgIpc) is 2.74. The Labute approximate surface area is 192 Å². The van der Waals surface area contributed by atoms with E-state index in [1.54, 1.807) is 24.3 Å². The van der Waals surface area contributed by atoms with Crippen molar-refractivity contribution < 1.29 is 27.5 Å². The number of benzene rings is 2. The maximum Gasteiger partial charge on any atom is 0.416 e. The number of halogens is 3. The zero-order chi connectivity index (χ0) is 23.7. The van der Waals surface area contributed by atoms with Gasteiger partial charge in [0.15, 0.2) is 10.2 Å². The first-order chi connectivity index (χ1) is 15.1. The van der Waals surface area contributed by atoms with Crippen molar-refractivity contribution in [3.63, 3.8) is 0 Å². The largest absolute Gasteiger partial charge is 0.497 e. The SMILES string of the molecule is COc1cccc(C(C#CSC(C)=O)=C(C#CSC(C)=O)c2cccc(C(F)(F)F)c2)c1. The molecular weight excluding hydrogens is 457 g/mol. The quantitative estimate of drug-likeness (QED) is 0.397. The van der Waals surface area contributed by atoms with Gasteiger partial charge in [-0.25, -0.2) is 0 Å². The average molecular weight is 475 g/mol. The molecule has 2 aromatic carbocycles. The van der Waals surface area contributed by atoms with E-state index >= 15 is 0 Å². The molecular formula is C24H17F3O3S2. The van der Waals surface area contributed by atoms with Crippen LogP contribution in [0.3, 0.4) is 0 Å². The summed E-state index contributed by atoms with van der Waals surface area (Å²) in [6.45, 7) is 2.69. The number of rotatable bonds is 3. The van der Waals surface area contributed by atoms with Crippen LogP contribution in [0.5, 0.6) is 5.75 Å². The van der Waals surface area contributed by atoms with Crippen LogP contribution >= 0.6 is 23.5 Å². The Kier molecular flexibility index (Phi) is 9.07. The van der Waals surface area contributed by atoms with Crippen LogP contribution in [0.4, 0.5) is 13.2 Å². The Morgan fingerprint density at radius 1 is 0.844 bits per heavy atom. The molecule has 0 radical (unpaired) electrons. The van der Waals surface area contributed by atoms with Crippen LogP contribution in [0, 0.1) is 22.3 Å².